The molecule has 3 aromatic rings. The van der Waals surface area contributed by atoms with Gasteiger partial charge in [0.2, 0.25) is 0 Å². The van der Waals surface area contributed by atoms with E-state index in [2.05, 4.69) is 19.9 Å². The number of anilines is 1. The fraction of sp³-hybridized carbons (Fsp3) is 0.421. The number of nitrogens with zero attached hydrogens (tertiary/aromatic N) is 5. The quantitative estimate of drug-likeness (QED) is 0.427. The van der Waals surface area contributed by atoms with Crippen molar-refractivity contribution in [1.29, 1.82) is 0 Å². The molecule has 14 nitrogen and oxygen atoms in total. The lowest BCUT2D eigenvalue weighted by Gasteiger charge is -2.24. The van der Waals surface area contributed by atoms with Gasteiger partial charge < -0.3 is 19.9 Å². The molecule has 5 heterocycles. The Hall–Kier alpha value is -2.95. The van der Waals surface area contributed by atoms with Crippen LogP contribution in [-0.2, 0) is 28.7 Å². The van der Waals surface area contributed by atoms with E-state index in [0.29, 0.717) is 11.2 Å². The smallest absolute Gasteiger partial charge is 0.362 e. The molecule has 0 aromatic carbocycles. The van der Waals surface area contributed by atoms with Gasteiger partial charge in [0.15, 0.2) is 23.5 Å². The predicted octanol–water partition coefficient (Wildman–Crippen LogP) is 0.566. The topological polar surface area (TPSA) is 183 Å². The maximum absolute atomic E-state index is 12.4. The maximum atomic E-state index is 12.4. The Kier molecular flexibility index (Phi) is 5.85. The highest BCUT2D eigenvalue weighted by Crippen LogP contribution is 2.44. The Labute approximate surface area is 204 Å². The van der Waals surface area contributed by atoms with Crippen LogP contribution in [0.5, 0.6) is 0 Å². The number of nitrogens with two attached hydrogens (primary N) is 1. The first-order valence-electron chi connectivity index (χ1n) is 10.3. The molecule has 35 heavy (non-hydrogen) atoms. The van der Waals surface area contributed by atoms with Gasteiger partial charge >= 0.3 is 10.3 Å². The number of nitrogens with one attached hydrogen (secondary N) is 1. The van der Waals surface area contributed by atoms with Gasteiger partial charge in [0.05, 0.1) is 18.5 Å². The van der Waals surface area contributed by atoms with Gasteiger partial charge in [0.1, 0.15) is 35.3 Å². The first-order chi connectivity index (χ1) is 16.5. The Bertz CT molecular complexity index is 1400. The van der Waals surface area contributed by atoms with E-state index in [1.807, 2.05) is 0 Å². The normalized spacial score (nSPS) is 25.6. The zero-order valence-electron chi connectivity index (χ0n) is 18.4. The number of fused-ring (bicyclic) bond motifs is 2. The highest BCUT2D eigenvalue weighted by atomic mass is 35.5. The third-order valence-corrected chi connectivity index (χ3v) is 6.58. The molecule has 2 aliphatic rings. The summed E-state index contributed by atoms with van der Waals surface area (Å²) in [6.45, 7) is 2.98. The Morgan fingerprint density at radius 3 is 2.80 bits per heavy atom. The molecule has 16 heteroatoms. The van der Waals surface area contributed by atoms with E-state index in [4.69, 9.17) is 35.7 Å². The average Bonchev–Trinajstić information content (AvgIpc) is 3.44. The summed E-state index contributed by atoms with van der Waals surface area (Å²) in [7, 11) is -4.52. The summed E-state index contributed by atoms with van der Waals surface area (Å²) < 4.78 is 51.3. The molecule has 0 aliphatic carbocycles. The molecule has 186 valence electrons. The molecule has 0 unspecified atom stereocenters. The second-order valence-corrected chi connectivity index (χ2v) is 9.93. The Morgan fingerprint density at radius 2 is 2.03 bits per heavy atom. The number of nitrogen functional groups attached to an aromatic ring is 1. The van der Waals surface area contributed by atoms with E-state index in [9.17, 15) is 13.2 Å². The molecule has 3 N–H and O–H groups in total. The number of imidazole rings is 1. The zero-order chi connectivity index (χ0) is 25.0. The van der Waals surface area contributed by atoms with Gasteiger partial charge in [-0.3, -0.25) is 13.5 Å². The molecular formula is C19H20ClN7O7S. The zero-order valence-corrected chi connectivity index (χ0v) is 19.9. The van der Waals surface area contributed by atoms with E-state index in [0.717, 1.165) is 0 Å². The summed E-state index contributed by atoms with van der Waals surface area (Å²) in [6.07, 6.45) is 1.15. The fourth-order valence-corrected chi connectivity index (χ4v) is 4.90. The van der Waals surface area contributed by atoms with Crippen molar-refractivity contribution in [3.8, 4) is 0 Å². The number of hydrogen-bond donors (Lipinski definition) is 2. The van der Waals surface area contributed by atoms with E-state index in [1.165, 1.54) is 31.0 Å². The van der Waals surface area contributed by atoms with Gasteiger partial charge in [-0.15, -0.1) is 0 Å². The molecule has 4 atom stereocenters. The minimum Gasteiger partial charge on any atom is -0.382 e. The molecule has 2 fully saturated rings. The number of pyridine rings is 1. The van der Waals surface area contributed by atoms with Crippen molar-refractivity contribution in [3.63, 3.8) is 0 Å². The lowest BCUT2D eigenvalue weighted by Crippen LogP contribution is -2.37. The van der Waals surface area contributed by atoms with Crippen LogP contribution in [-0.4, -0.2) is 69.5 Å². The lowest BCUT2D eigenvalue weighted by molar-refractivity contribution is -0.198. The van der Waals surface area contributed by atoms with Crippen LogP contribution in [0.2, 0.25) is 5.15 Å². The van der Waals surface area contributed by atoms with Crippen molar-refractivity contribution in [2.45, 2.75) is 44.2 Å². The summed E-state index contributed by atoms with van der Waals surface area (Å²) in [5.41, 5.74) is 6.54. The van der Waals surface area contributed by atoms with Crippen molar-refractivity contribution < 1.29 is 31.6 Å². The van der Waals surface area contributed by atoms with Crippen LogP contribution in [0.15, 0.2) is 31.0 Å². The van der Waals surface area contributed by atoms with Crippen LogP contribution in [0, 0.1) is 0 Å². The highest BCUT2D eigenvalue weighted by Gasteiger charge is 2.56. The van der Waals surface area contributed by atoms with Crippen LogP contribution in [0.4, 0.5) is 5.82 Å². The van der Waals surface area contributed by atoms with Gasteiger partial charge in [-0.25, -0.2) is 24.7 Å². The molecule has 5 rings (SSSR count). The molecule has 3 aromatic heterocycles. The van der Waals surface area contributed by atoms with Gasteiger partial charge in [0.25, 0.3) is 5.91 Å². The number of halogens is 1. The highest BCUT2D eigenvalue weighted by molar-refractivity contribution is 7.85. The second kappa shape index (κ2) is 8.61. The number of aromatic nitrogens is 5. The minimum absolute atomic E-state index is 0.124. The van der Waals surface area contributed by atoms with Gasteiger partial charge in [0, 0.05) is 6.20 Å². The van der Waals surface area contributed by atoms with Gasteiger partial charge in [-0.1, -0.05) is 11.6 Å². The number of hydrogen-bond acceptors (Lipinski definition) is 12. The standard InChI is InChI=1S/C19H20ClN7O7S/c1-19(2)33-12-10(6-31-35(29,30)26-17(28)9-4-3-5-22-14(9)20)32-18(13(12)34-19)27-8-25-11-15(21)23-7-24-16(11)27/h3-5,7-8,10,12-13,18H,6H2,1-2H3,(H,26,28)(H2,21,23,24)/t10-,12-,13-,18-/m1/s1. The first kappa shape index (κ1) is 23.8. The first-order valence-corrected chi connectivity index (χ1v) is 12.1. The minimum atomic E-state index is -4.52. The summed E-state index contributed by atoms with van der Waals surface area (Å²) in [6, 6.07) is 2.77. The van der Waals surface area contributed by atoms with Crippen molar-refractivity contribution >= 4 is 44.8 Å². The Balaban J connectivity index is 1.34. The SMILES string of the molecule is CC1(C)O[C@@H]2[C@H](O1)[C@@H](COS(=O)(=O)NC(=O)c1cccnc1Cl)O[C@H]2n1cnc2c(N)ncnc21. The molecule has 0 saturated carbocycles. The average molecular weight is 526 g/mol. The van der Waals surface area contributed by atoms with Crippen molar-refractivity contribution in [3.05, 3.63) is 41.7 Å². The van der Waals surface area contributed by atoms with Crippen LogP contribution < -0.4 is 10.5 Å². The summed E-state index contributed by atoms with van der Waals surface area (Å²) in [5.74, 6) is -1.76. The van der Waals surface area contributed by atoms with E-state index >= 15 is 0 Å². The third-order valence-electron chi connectivity index (χ3n) is 5.40. The molecule has 0 bridgehead atoms. The van der Waals surface area contributed by atoms with Crippen LogP contribution in [0.1, 0.15) is 30.4 Å². The third kappa shape index (κ3) is 4.53. The second-order valence-electron chi connectivity index (χ2n) is 8.22. The predicted molar refractivity (Wildman–Crippen MR) is 119 cm³/mol. The van der Waals surface area contributed by atoms with E-state index < -0.39 is 53.1 Å². The molecule has 2 saturated heterocycles. The number of carbonyl (C=O) groups is 1. The summed E-state index contributed by atoms with van der Waals surface area (Å²) in [4.78, 5) is 28.4. The molecular weight excluding hydrogens is 506 g/mol. The molecule has 2 aliphatic heterocycles. The number of rotatable bonds is 6. The molecule has 0 spiro atoms. The monoisotopic (exact) mass is 525 g/mol. The summed E-state index contributed by atoms with van der Waals surface area (Å²) in [5, 5.41) is -0.152. The van der Waals surface area contributed by atoms with E-state index in [1.54, 1.807) is 23.1 Å². The van der Waals surface area contributed by atoms with Crippen molar-refractivity contribution in [2.75, 3.05) is 12.3 Å². The lowest BCUT2D eigenvalue weighted by atomic mass is 10.1. The van der Waals surface area contributed by atoms with Crippen LogP contribution in [0.25, 0.3) is 11.2 Å². The largest absolute Gasteiger partial charge is 0.382 e. The number of carbonyl (C=O) groups excluding carboxylic acids is 1. The Morgan fingerprint density at radius 1 is 1.26 bits per heavy atom. The fourth-order valence-electron chi connectivity index (χ4n) is 3.98. The van der Waals surface area contributed by atoms with Crippen molar-refractivity contribution in [1.82, 2.24) is 29.2 Å². The number of amides is 1. The molecule has 1 amide bonds. The maximum Gasteiger partial charge on any atom is 0.362 e. The van der Waals surface area contributed by atoms with Crippen LogP contribution >= 0.6 is 11.6 Å². The summed E-state index contributed by atoms with van der Waals surface area (Å²) >= 11 is 5.85. The van der Waals surface area contributed by atoms with Gasteiger partial charge in [-0.05, 0) is 26.0 Å². The van der Waals surface area contributed by atoms with Crippen molar-refractivity contribution in [2.24, 2.45) is 0 Å². The van der Waals surface area contributed by atoms with E-state index in [-0.39, 0.29) is 16.5 Å². The van der Waals surface area contributed by atoms with Gasteiger partial charge in [-0.2, -0.15) is 8.42 Å². The van der Waals surface area contributed by atoms with Crippen LogP contribution in [0.3, 0.4) is 0 Å². The molecule has 0 radical (unpaired) electrons. The number of ether oxygens (including phenoxy) is 3.